The van der Waals surface area contributed by atoms with Crippen molar-refractivity contribution in [3.8, 4) is 0 Å². The Balaban J connectivity index is 2.89. The molecule has 4 atom stereocenters. The van der Waals surface area contributed by atoms with E-state index < -0.39 is 48.2 Å². The number of carboxylic acids is 1. The van der Waals surface area contributed by atoms with Crippen LogP contribution in [0.15, 0.2) is 0 Å². The highest BCUT2D eigenvalue weighted by molar-refractivity contribution is 7.98. The van der Waals surface area contributed by atoms with Gasteiger partial charge in [-0.3, -0.25) is 19.2 Å². The fourth-order valence-corrected chi connectivity index (χ4v) is 3.86. The molecule has 4 unspecified atom stereocenters. The van der Waals surface area contributed by atoms with Gasteiger partial charge in [0.25, 0.3) is 0 Å². The van der Waals surface area contributed by atoms with Crippen molar-refractivity contribution in [3.05, 3.63) is 0 Å². The lowest BCUT2D eigenvalue weighted by atomic mass is 10.1. The van der Waals surface area contributed by atoms with Crippen LogP contribution < -0.4 is 32.7 Å². The number of hydrogen-bond acceptors (Lipinski definition) is 8. The number of carbonyl (C=O) groups is 5. The van der Waals surface area contributed by atoms with Gasteiger partial charge in [-0.15, -0.1) is 0 Å². The summed E-state index contributed by atoms with van der Waals surface area (Å²) < 4.78 is 0. The van der Waals surface area contributed by atoms with Gasteiger partial charge in [0, 0.05) is 0 Å². The van der Waals surface area contributed by atoms with E-state index in [1.54, 1.807) is 0 Å². The third kappa shape index (κ3) is 10.9. The third-order valence-corrected chi connectivity index (χ3v) is 5.86. The predicted molar refractivity (Wildman–Crippen MR) is 124 cm³/mol. The van der Waals surface area contributed by atoms with Crippen molar-refractivity contribution in [3.63, 3.8) is 0 Å². The summed E-state index contributed by atoms with van der Waals surface area (Å²) in [5.74, 6) is -3.33. The zero-order chi connectivity index (χ0) is 24.8. The maximum Gasteiger partial charge on any atom is 0.326 e. The van der Waals surface area contributed by atoms with Crippen molar-refractivity contribution in [2.45, 2.75) is 69.1 Å². The summed E-state index contributed by atoms with van der Waals surface area (Å²) >= 11 is 1.45. The second kappa shape index (κ2) is 15.5. The molecule has 1 saturated heterocycles. The highest BCUT2D eigenvalue weighted by atomic mass is 32.2. The molecule has 9 N–H and O–H groups in total. The molecule has 0 aromatic heterocycles. The summed E-state index contributed by atoms with van der Waals surface area (Å²) in [6, 6.07) is -3.78. The first-order valence-corrected chi connectivity index (χ1v) is 12.4. The molecule has 4 amide bonds. The van der Waals surface area contributed by atoms with Gasteiger partial charge >= 0.3 is 5.97 Å². The van der Waals surface area contributed by atoms with E-state index in [1.807, 2.05) is 6.26 Å². The van der Waals surface area contributed by atoms with E-state index in [0.717, 1.165) is 13.0 Å². The number of carboxylic acid groups (broad SMARTS) is 1. The van der Waals surface area contributed by atoms with Crippen LogP contribution in [0.4, 0.5) is 0 Å². The van der Waals surface area contributed by atoms with E-state index in [2.05, 4.69) is 21.3 Å². The van der Waals surface area contributed by atoms with Crippen LogP contribution >= 0.6 is 11.8 Å². The van der Waals surface area contributed by atoms with Gasteiger partial charge in [-0.2, -0.15) is 11.8 Å². The number of thioether (sulfide) groups is 1. The van der Waals surface area contributed by atoms with Crippen LogP contribution in [0.5, 0.6) is 0 Å². The molecule has 13 heteroatoms. The highest BCUT2D eigenvalue weighted by Gasteiger charge is 2.31. The molecule has 1 rings (SSSR count). The quantitative estimate of drug-likeness (QED) is 0.120. The number of unbranched alkanes of at least 4 members (excludes halogenated alkanes) is 1. The number of nitrogens with one attached hydrogen (secondary N) is 4. The molecule has 0 saturated carbocycles. The lowest BCUT2D eigenvalue weighted by Crippen LogP contribution is -2.57. The van der Waals surface area contributed by atoms with Crippen LogP contribution in [0.25, 0.3) is 0 Å². The van der Waals surface area contributed by atoms with E-state index in [4.69, 9.17) is 11.5 Å². The van der Waals surface area contributed by atoms with Gasteiger partial charge in [0.1, 0.15) is 18.1 Å². The van der Waals surface area contributed by atoms with Gasteiger partial charge in [0.15, 0.2) is 0 Å². The molecule has 1 heterocycles. The first-order valence-electron chi connectivity index (χ1n) is 11.0. The van der Waals surface area contributed by atoms with Crippen LogP contribution in [0, 0.1) is 0 Å². The number of primary amides is 1. The fourth-order valence-electron chi connectivity index (χ4n) is 3.39. The van der Waals surface area contributed by atoms with E-state index in [1.165, 1.54) is 11.8 Å². The van der Waals surface area contributed by atoms with Crippen LogP contribution in [0.1, 0.15) is 44.9 Å². The Hall–Kier alpha value is -2.38. The van der Waals surface area contributed by atoms with E-state index in [0.29, 0.717) is 38.0 Å². The maximum absolute atomic E-state index is 13.0. The molecule has 0 radical (unpaired) electrons. The van der Waals surface area contributed by atoms with E-state index in [-0.39, 0.29) is 18.4 Å². The maximum atomic E-state index is 13.0. The number of amides is 4. The molecular weight excluding hydrogens is 452 g/mol. The first kappa shape index (κ1) is 28.7. The first-order chi connectivity index (χ1) is 15.7. The Morgan fingerprint density at radius 2 is 1.67 bits per heavy atom. The molecule has 0 bridgehead atoms. The zero-order valence-electron chi connectivity index (χ0n) is 18.9. The standard InChI is InChI=1S/C20H36N6O6S/c1-33-10-7-14(19(30)26-15(20(31)32)11-16(22)27)25-18(29)13(5-2-3-8-21)24-17(28)12-6-4-9-23-12/h12-15,23H,2-11,21H2,1H3,(H2,22,27)(H,24,28)(H,25,29)(H,26,30)(H,31,32). The summed E-state index contributed by atoms with van der Waals surface area (Å²) in [5.41, 5.74) is 10.6. The number of rotatable bonds is 16. The second-order valence-corrected chi connectivity index (χ2v) is 8.89. The van der Waals surface area contributed by atoms with Crippen molar-refractivity contribution < 1.29 is 29.1 Å². The molecule has 0 aromatic rings. The molecule has 12 nitrogen and oxygen atoms in total. The van der Waals surface area contributed by atoms with Gasteiger partial charge in [-0.1, -0.05) is 0 Å². The monoisotopic (exact) mass is 488 g/mol. The molecule has 0 spiro atoms. The van der Waals surface area contributed by atoms with Gasteiger partial charge in [0.05, 0.1) is 12.5 Å². The number of aliphatic carboxylic acids is 1. The average molecular weight is 489 g/mol. The normalized spacial score (nSPS) is 18.1. The fraction of sp³-hybridized carbons (Fsp3) is 0.750. The van der Waals surface area contributed by atoms with Crippen LogP contribution in [0.3, 0.4) is 0 Å². The molecular formula is C20H36N6O6S. The lowest BCUT2D eigenvalue weighted by Gasteiger charge is -2.25. The SMILES string of the molecule is CSCCC(NC(=O)C(CCCCN)NC(=O)C1CCCN1)C(=O)NC(CC(N)=O)C(=O)O. The van der Waals surface area contributed by atoms with Crippen molar-refractivity contribution in [2.75, 3.05) is 25.1 Å². The van der Waals surface area contributed by atoms with Crippen LogP contribution in [0.2, 0.25) is 0 Å². The number of carbonyl (C=O) groups excluding carboxylic acids is 4. The largest absolute Gasteiger partial charge is 0.480 e. The van der Waals surface area contributed by atoms with Gasteiger partial charge in [-0.05, 0) is 63.6 Å². The highest BCUT2D eigenvalue weighted by Crippen LogP contribution is 2.09. The number of hydrogen-bond donors (Lipinski definition) is 7. The minimum absolute atomic E-state index is 0.231. The zero-order valence-corrected chi connectivity index (χ0v) is 19.7. The van der Waals surface area contributed by atoms with Crippen molar-refractivity contribution in [2.24, 2.45) is 11.5 Å². The molecule has 188 valence electrons. The Morgan fingerprint density at radius 3 is 2.18 bits per heavy atom. The van der Waals surface area contributed by atoms with Gasteiger partial charge < -0.3 is 37.8 Å². The van der Waals surface area contributed by atoms with Gasteiger partial charge in [0.2, 0.25) is 23.6 Å². The third-order valence-electron chi connectivity index (χ3n) is 5.22. The van der Waals surface area contributed by atoms with Crippen LogP contribution in [-0.2, 0) is 24.0 Å². The summed E-state index contributed by atoms with van der Waals surface area (Å²) in [4.78, 5) is 60.8. The molecule has 1 aliphatic rings. The predicted octanol–water partition coefficient (Wildman–Crippen LogP) is -1.97. The van der Waals surface area contributed by atoms with Crippen LogP contribution in [-0.4, -0.2) is 84.0 Å². The Bertz CT molecular complexity index is 688. The molecule has 1 fully saturated rings. The van der Waals surface area contributed by atoms with Crippen molar-refractivity contribution >= 4 is 41.4 Å². The number of nitrogens with two attached hydrogens (primary N) is 2. The molecule has 0 aliphatic carbocycles. The van der Waals surface area contributed by atoms with Gasteiger partial charge in [-0.25, -0.2) is 4.79 Å². The average Bonchev–Trinajstić information content (AvgIpc) is 3.30. The minimum Gasteiger partial charge on any atom is -0.480 e. The van der Waals surface area contributed by atoms with Crippen molar-refractivity contribution in [1.82, 2.24) is 21.3 Å². The smallest absolute Gasteiger partial charge is 0.326 e. The summed E-state index contributed by atoms with van der Waals surface area (Å²) in [5, 5.41) is 20.0. The van der Waals surface area contributed by atoms with E-state index in [9.17, 15) is 29.1 Å². The Labute approximate surface area is 197 Å². The Morgan fingerprint density at radius 1 is 1.03 bits per heavy atom. The summed E-state index contributed by atoms with van der Waals surface area (Å²) in [6.45, 7) is 1.18. The molecule has 1 aliphatic heterocycles. The van der Waals surface area contributed by atoms with Crippen molar-refractivity contribution in [1.29, 1.82) is 0 Å². The Kier molecular flexibility index (Phi) is 13.4. The minimum atomic E-state index is -1.50. The summed E-state index contributed by atoms with van der Waals surface area (Å²) in [6.07, 6.45) is 4.66. The molecule has 33 heavy (non-hydrogen) atoms. The molecule has 0 aromatic carbocycles. The van der Waals surface area contributed by atoms with E-state index >= 15 is 0 Å². The second-order valence-electron chi connectivity index (χ2n) is 7.91. The lowest BCUT2D eigenvalue weighted by molar-refractivity contribution is -0.143. The summed E-state index contributed by atoms with van der Waals surface area (Å²) in [7, 11) is 0. The topological polar surface area (TPSA) is 206 Å².